The highest BCUT2D eigenvalue weighted by Crippen LogP contribution is 2.16. The van der Waals surface area contributed by atoms with Crippen molar-refractivity contribution in [2.75, 3.05) is 44.8 Å². The normalized spacial score (nSPS) is 14.7. The number of nitrogens with one attached hydrogen (secondary N) is 1. The van der Waals surface area contributed by atoms with E-state index in [-0.39, 0.29) is 5.91 Å². The van der Waals surface area contributed by atoms with Crippen molar-refractivity contribution in [3.05, 3.63) is 59.7 Å². The summed E-state index contributed by atoms with van der Waals surface area (Å²) in [7, 11) is 0. The Hall–Kier alpha value is -2.37. The van der Waals surface area contributed by atoms with Gasteiger partial charge in [-0.05, 0) is 43.2 Å². The lowest BCUT2D eigenvalue weighted by Gasteiger charge is -2.26. The van der Waals surface area contributed by atoms with Gasteiger partial charge in [0, 0.05) is 25.3 Å². The molecule has 1 saturated heterocycles. The standard InChI is InChI=1S/C22H28N2O3/c1-18-3-5-19(6-4-18)17-22(25)23-20-7-9-21(10-8-20)27-14-2-11-24-12-15-26-16-13-24/h3-10H,2,11-17H2,1H3,(H,23,25). The zero-order chi connectivity index (χ0) is 18.9. The summed E-state index contributed by atoms with van der Waals surface area (Å²) in [5.41, 5.74) is 2.99. The van der Waals surface area contributed by atoms with Gasteiger partial charge < -0.3 is 14.8 Å². The summed E-state index contributed by atoms with van der Waals surface area (Å²) in [6.45, 7) is 7.45. The molecule has 1 aliphatic heterocycles. The molecule has 1 aliphatic rings. The van der Waals surface area contributed by atoms with Crippen molar-refractivity contribution in [2.24, 2.45) is 0 Å². The van der Waals surface area contributed by atoms with Crippen LogP contribution >= 0.6 is 0 Å². The van der Waals surface area contributed by atoms with E-state index in [1.807, 2.05) is 55.5 Å². The maximum atomic E-state index is 12.2. The number of hydrogen-bond acceptors (Lipinski definition) is 4. The Bertz CT molecular complexity index is 707. The topological polar surface area (TPSA) is 50.8 Å². The molecule has 2 aromatic rings. The maximum Gasteiger partial charge on any atom is 0.228 e. The fourth-order valence-corrected chi connectivity index (χ4v) is 3.03. The van der Waals surface area contributed by atoms with Crippen molar-refractivity contribution >= 4 is 11.6 Å². The fourth-order valence-electron chi connectivity index (χ4n) is 3.03. The van der Waals surface area contributed by atoms with Gasteiger partial charge in [0.1, 0.15) is 5.75 Å². The number of ether oxygens (including phenoxy) is 2. The molecule has 3 rings (SSSR count). The van der Waals surface area contributed by atoms with Crippen molar-refractivity contribution in [2.45, 2.75) is 19.8 Å². The van der Waals surface area contributed by atoms with E-state index in [9.17, 15) is 4.79 Å². The van der Waals surface area contributed by atoms with Crippen molar-refractivity contribution in [1.82, 2.24) is 4.90 Å². The first-order chi connectivity index (χ1) is 13.2. The second-order valence-corrected chi connectivity index (χ2v) is 6.89. The van der Waals surface area contributed by atoms with E-state index >= 15 is 0 Å². The second kappa shape index (κ2) is 10.1. The van der Waals surface area contributed by atoms with Crippen LogP contribution in [0.2, 0.25) is 0 Å². The minimum atomic E-state index is -0.0157. The Balaban J connectivity index is 1.37. The molecule has 2 aromatic carbocycles. The van der Waals surface area contributed by atoms with Crippen molar-refractivity contribution in [1.29, 1.82) is 0 Å². The highest BCUT2D eigenvalue weighted by atomic mass is 16.5. The molecule has 0 saturated carbocycles. The monoisotopic (exact) mass is 368 g/mol. The SMILES string of the molecule is Cc1ccc(CC(=O)Nc2ccc(OCCCN3CCOCC3)cc2)cc1. The van der Waals surface area contributed by atoms with E-state index in [1.165, 1.54) is 5.56 Å². The lowest BCUT2D eigenvalue weighted by molar-refractivity contribution is -0.115. The molecule has 1 fully saturated rings. The Morgan fingerprint density at radius 2 is 1.78 bits per heavy atom. The molecule has 0 bridgehead atoms. The molecule has 5 nitrogen and oxygen atoms in total. The van der Waals surface area contributed by atoms with Gasteiger partial charge >= 0.3 is 0 Å². The van der Waals surface area contributed by atoms with Crippen LogP contribution in [0.15, 0.2) is 48.5 Å². The highest BCUT2D eigenvalue weighted by Gasteiger charge is 2.09. The molecular formula is C22H28N2O3. The zero-order valence-electron chi connectivity index (χ0n) is 15.9. The first-order valence-corrected chi connectivity index (χ1v) is 9.57. The Kier molecular flexibility index (Phi) is 7.25. The summed E-state index contributed by atoms with van der Waals surface area (Å²) in [5, 5.41) is 2.93. The summed E-state index contributed by atoms with van der Waals surface area (Å²) < 4.78 is 11.1. The van der Waals surface area contributed by atoms with Gasteiger partial charge in [0.05, 0.1) is 26.2 Å². The number of carbonyl (C=O) groups is 1. The average Bonchev–Trinajstić information content (AvgIpc) is 2.69. The van der Waals surface area contributed by atoms with E-state index in [0.717, 1.165) is 56.3 Å². The zero-order valence-corrected chi connectivity index (χ0v) is 15.9. The Morgan fingerprint density at radius 1 is 1.07 bits per heavy atom. The van der Waals surface area contributed by atoms with Crippen molar-refractivity contribution in [3.63, 3.8) is 0 Å². The molecule has 1 N–H and O–H groups in total. The van der Waals surface area contributed by atoms with Gasteiger partial charge in [-0.3, -0.25) is 9.69 Å². The van der Waals surface area contributed by atoms with Gasteiger partial charge in [-0.1, -0.05) is 29.8 Å². The van der Waals surface area contributed by atoms with Crippen molar-refractivity contribution < 1.29 is 14.3 Å². The number of hydrogen-bond donors (Lipinski definition) is 1. The second-order valence-electron chi connectivity index (χ2n) is 6.89. The van der Waals surface area contributed by atoms with Crippen LogP contribution in [-0.4, -0.2) is 50.3 Å². The number of morpholine rings is 1. The molecule has 27 heavy (non-hydrogen) atoms. The van der Waals surface area contributed by atoms with Gasteiger partial charge in [-0.2, -0.15) is 0 Å². The fraction of sp³-hybridized carbons (Fsp3) is 0.409. The molecule has 0 aromatic heterocycles. The third-order valence-corrected chi connectivity index (χ3v) is 4.61. The molecule has 0 radical (unpaired) electrons. The van der Waals surface area contributed by atoms with E-state index in [2.05, 4.69) is 10.2 Å². The molecular weight excluding hydrogens is 340 g/mol. The van der Waals surface area contributed by atoms with E-state index in [0.29, 0.717) is 13.0 Å². The van der Waals surface area contributed by atoms with Crippen molar-refractivity contribution in [3.8, 4) is 5.75 Å². The number of anilines is 1. The first kappa shape index (κ1) is 19.4. The summed E-state index contributed by atoms with van der Waals surface area (Å²) in [4.78, 5) is 14.6. The number of rotatable bonds is 8. The molecule has 0 aliphatic carbocycles. The quantitative estimate of drug-likeness (QED) is 0.727. The van der Waals surface area contributed by atoms with Crippen LogP contribution in [0.5, 0.6) is 5.75 Å². The molecule has 0 spiro atoms. The van der Waals surface area contributed by atoms with Crippen LogP contribution < -0.4 is 10.1 Å². The number of nitrogens with zero attached hydrogens (tertiary/aromatic N) is 1. The van der Waals surface area contributed by atoms with Gasteiger partial charge in [-0.25, -0.2) is 0 Å². The first-order valence-electron chi connectivity index (χ1n) is 9.57. The predicted molar refractivity (Wildman–Crippen MR) is 107 cm³/mol. The van der Waals surface area contributed by atoms with Gasteiger partial charge in [0.15, 0.2) is 0 Å². The van der Waals surface area contributed by atoms with Crippen LogP contribution in [-0.2, 0) is 16.0 Å². The number of aryl methyl sites for hydroxylation is 1. The molecule has 0 atom stereocenters. The number of carbonyl (C=O) groups excluding carboxylic acids is 1. The largest absolute Gasteiger partial charge is 0.494 e. The maximum absolute atomic E-state index is 12.2. The molecule has 1 heterocycles. The number of amides is 1. The highest BCUT2D eigenvalue weighted by molar-refractivity contribution is 5.92. The third kappa shape index (κ3) is 6.70. The van der Waals surface area contributed by atoms with Gasteiger partial charge in [0.25, 0.3) is 0 Å². The summed E-state index contributed by atoms with van der Waals surface area (Å²) in [5.74, 6) is 0.812. The lowest BCUT2D eigenvalue weighted by Crippen LogP contribution is -2.37. The average molecular weight is 368 g/mol. The summed E-state index contributed by atoms with van der Waals surface area (Å²) >= 11 is 0. The van der Waals surface area contributed by atoms with E-state index in [4.69, 9.17) is 9.47 Å². The minimum absolute atomic E-state index is 0.0157. The summed E-state index contributed by atoms with van der Waals surface area (Å²) in [6, 6.07) is 15.6. The van der Waals surface area contributed by atoms with Gasteiger partial charge in [-0.15, -0.1) is 0 Å². The Morgan fingerprint density at radius 3 is 2.48 bits per heavy atom. The van der Waals surface area contributed by atoms with E-state index in [1.54, 1.807) is 0 Å². The molecule has 144 valence electrons. The number of benzene rings is 2. The Labute approximate surface area is 161 Å². The smallest absolute Gasteiger partial charge is 0.228 e. The summed E-state index contributed by atoms with van der Waals surface area (Å²) in [6.07, 6.45) is 1.37. The molecule has 0 unspecified atom stereocenters. The lowest BCUT2D eigenvalue weighted by atomic mass is 10.1. The van der Waals surface area contributed by atoms with E-state index < -0.39 is 0 Å². The third-order valence-electron chi connectivity index (χ3n) is 4.61. The van der Waals surface area contributed by atoms with Crippen LogP contribution in [0.1, 0.15) is 17.5 Å². The van der Waals surface area contributed by atoms with Crippen LogP contribution in [0.3, 0.4) is 0 Å². The molecule has 5 heteroatoms. The van der Waals surface area contributed by atoms with Crippen LogP contribution in [0.4, 0.5) is 5.69 Å². The molecule has 1 amide bonds. The minimum Gasteiger partial charge on any atom is -0.494 e. The predicted octanol–water partition coefficient (Wildman–Crippen LogP) is 3.28. The van der Waals surface area contributed by atoms with Gasteiger partial charge in [0.2, 0.25) is 5.91 Å². The van der Waals surface area contributed by atoms with Crippen LogP contribution in [0, 0.1) is 6.92 Å². The van der Waals surface area contributed by atoms with Crippen LogP contribution in [0.25, 0.3) is 0 Å².